The Morgan fingerprint density at radius 1 is 0.968 bits per heavy atom. The average Bonchev–Trinajstić information content (AvgIpc) is 2.80. The third kappa shape index (κ3) is 4.97. The van der Waals surface area contributed by atoms with Crippen molar-refractivity contribution in [2.75, 3.05) is 13.2 Å². The molecule has 1 saturated heterocycles. The summed E-state index contributed by atoms with van der Waals surface area (Å²) in [5.74, 6) is -1.75. The van der Waals surface area contributed by atoms with E-state index in [4.69, 9.17) is 4.74 Å². The van der Waals surface area contributed by atoms with E-state index in [1.54, 1.807) is 18.5 Å². The lowest BCUT2D eigenvalue weighted by Gasteiger charge is -2.36. The topological polar surface area (TPSA) is 51.2 Å². The molecule has 1 N–H and O–H groups in total. The maximum Gasteiger partial charge on any atom is 0.226 e. The van der Waals surface area contributed by atoms with Gasteiger partial charge in [0.15, 0.2) is 11.6 Å². The van der Waals surface area contributed by atoms with Crippen LogP contribution in [0.15, 0.2) is 67.0 Å². The molecule has 6 heteroatoms. The number of aromatic nitrogens is 1. The van der Waals surface area contributed by atoms with Crippen LogP contribution in [0.1, 0.15) is 24.0 Å². The summed E-state index contributed by atoms with van der Waals surface area (Å²) in [5.41, 5.74) is 2.73. The molecule has 2 aromatic carbocycles. The van der Waals surface area contributed by atoms with E-state index in [1.807, 2.05) is 36.4 Å². The SMILES string of the molecule is O=C(NCc1cccnc1)C1(Cc2cccc(-c3ccc(F)c(F)c3)c2)CCOCC1. The second kappa shape index (κ2) is 9.35. The fraction of sp³-hybridized carbons (Fsp3) is 0.280. The highest BCUT2D eigenvalue weighted by atomic mass is 19.2. The fourth-order valence-corrected chi connectivity index (χ4v) is 4.05. The molecule has 0 atom stereocenters. The first kappa shape index (κ1) is 21.1. The number of nitrogens with one attached hydrogen (secondary N) is 1. The summed E-state index contributed by atoms with van der Waals surface area (Å²) in [5, 5.41) is 3.06. The molecule has 1 amide bonds. The molecule has 0 bridgehead atoms. The van der Waals surface area contributed by atoms with Crippen LogP contribution in [0.25, 0.3) is 11.1 Å². The van der Waals surface area contributed by atoms with Gasteiger partial charge in [-0.1, -0.05) is 36.4 Å². The van der Waals surface area contributed by atoms with Crippen LogP contribution < -0.4 is 5.32 Å². The van der Waals surface area contributed by atoms with E-state index in [-0.39, 0.29) is 5.91 Å². The first-order chi connectivity index (χ1) is 15.1. The van der Waals surface area contributed by atoms with Crippen LogP contribution in [-0.4, -0.2) is 24.1 Å². The van der Waals surface area contributed by atoms with Gasteiger partial charge in [0, 0.05) is 32.2 Å². The van der Waals surface area contributed by atoms with Gasteiger partial charge in [-0.05, 0) is 59.7 Å². The van der Waals surface area contributed by atoms with E-state index in [9.17, 15) is 13.6 Å². The molecular formula is C25H24F2N2O2. The number of pyridine rings is 1. The minimum atomic E-state index is -0.876. The summed E-state index contributed by atoms with van der Waals surface area (Å²) in [6.45, 7) is 1.48. The van der Waals surface area contributed by atoms with Crippen LogP contribution in [0.3, 0.4) is 0 Å². The van der Waals surface area contributed by atoms with Crippen molar-refractivity contribution in [2.45, 2.75) is 25.8 Å². The van der Waals surface area contributed by atoms with Gasteiger partial charge in [-0.2, -0.15) is 0 Å². The second-order valence-electron chi connectivity index (χ2n) is 7.94. The first-order valence-electron chi connectivity index (χ1n) is 10.4. The third-order valence-electron chi connectivity index (χ3n) is 5.83. The molecule has 4 nitrogen and oxygen atoms in total. The molecule has 1 aromatic heterocycles. The maximum atomic E-state index is 13.7. The molecule has 1 aliphatic rings. The fourth-order valence-electron chi connectivity index (χ4n) is 4.05. The van der Waals surface area contributed by atoms with Crippen LogP contribution in [0, 0.1) is 17.0 Å². The third-order valence-corrected chi connectivity index (χ3v) is 5.83. The Hall–Kier alpha value is -3.12. The molecule has 31 heavy (non-hydrogen) atoms. The summed E-state index contributed by atoms with van der Waals surface area (Å²) in [6.07, 6.45) is 5.24. The predicted octanol–water partition coefficient (Wildman–Crippen LogP) is 4.68. The van der Waals surface area contributed by atoms with Gasteiger partial charge in [-0.3, -0.25) is 9.78 Å². The molecule has 0 aliphatic carbocycles. The number of carbonyl (C=O) groups is 1. The molecule has 0 saturated carbocycles. The Morgan fingerprint density at radius 2 is 1.74 bits per heavy atom. The lowest BCUT2D eigenvalue weighted by atomic mass is 9.74. The number of carbonyl (C=O) groups excluding carboxylic acids is 1. The Morgan fingerprint density at radius 3 is 2.48 bits per heavy atom. The first-order valence-corrected chi connectivity index (χ1v) is 10.4. The second-order valence-corrected chi connectivity index (χ2v) is 7.94. The largest absolute Gasteiger partial charge is 0.381 e. The summed E-state index contributed by atoms with van der Waals surface area (Å²) in [4.78, 5) is 17.3. The van der Waals surface area contributed by atoms with E-state index in [0.717, 1.165) is 22.8 Å². The Bertz CT molecular complexity index is 1050. The number of rotatable bonds is 6. The number of halogens is 2. The van der Waals surface area contributed by atoms with Gasteiger partial charge in [0.1, 0.15) is 0 Å². The van der Waals surface area contributed by atoms with Gasteiger partial charge < -0.3 is 10.1 Å². The van der Waals surface area contributed by atoms with Crippen LogP contribution in [0.4, 0.5) is 8.78 Å². The molecule has 160 valence electrons. The maximum absolute atomic E-state index is 13.7. The van der Waals surface area contributed by atoms with Gasteiger partial charge in [-0.15, -0.1) is 0 Å². The van der Waals surface area contributed by atoms with Crippen molar-refractivity contribution in [3.63, 3.8) is 0 Å². The molecule has 0 spiro atoms. The average molecular weight is 422 g/mol. The van der Waals surface area contributed by atoms with E-state index in [0.29, 0.717) is 44.6 Å². The Kier molecular flexibility index (Phi) is 6.37. The Labute approximate surface area is 180 Å². The minimum Gasteiger partial charge on any atom is -0.381 e. The van der Waals surface area contributed by atoms with Crippen LogP contribution in [0.5, 0.6) is 0 Å². The van der Waals surface area contributed by atoms with E-state index in [1.165, 1.54) is 6.07 Å². The van der Waals surface area contributed by atoms with Crippen LogP contribution in [0.2, 0.25) is 0 Å². The zero-order chi connectivity index (χ0) is 21.7. The predicted molar refractivity (Wildman–Crippen MR) is 114 cm³/mol. The smallest absolute Gasteiger partial charge is 0.226 e. The normalized spacial score (nSPS) is 15.4. The van der Waals surface area contributed by atoms with Gasteiger partial charge >= 0.3 is 0 Å². The minimum absolute atomic E-state index is 0.00196. The van der Waals surface area contributed by atoms with Gasteiger partial charge in [0.25, 0.3) is 0 Å². The van der Waals surface area contributed by atoms with Gasteiger partial charge in [-0.25, -0.2) is 8.78 Å². The molecule has 4 rings (SSSR count). The van der Waals surface area contributed by atoms with Gasteiger partial charge in [0.05, 0.1) is 5.41 Å². The van der Waals surface area contributed by atoms with Crippen molar-refractivity contribution >= 4 is 5.91 Å². The van der Waals surface area contributed by atoms with Crippen LogP contribution >= 0.6 is 0 Å². The van der Waals surface area contributed by atoms with Crippen molar-refractivity contribution in [1.82, 2.24) is 10.3 Å². The molecule has 2 heterocycles. The number of nitrogens with zero attached hydrogens (tertiary/aromatic N) is 1. The summed E-state index contributed by atoms with van der Waals surface area (Å²) >= 11 is 0. The molecule has 0 radical (unpaired) electrons. The van der Waals surface area contributed by atoms with Crippen LogP contribution in [-0.2, 0) is 22.5 Å². The number of hydrogen-bond acceptors (Lipinski definition) is 3. The number of benzene rings is 2. The van der Waals surface area contributed by atoms with Crippen molar-refractivity contribution < 1.29 is 18.3 Å². The molecule has 1 fully saturated rings. The van der Waals surface area contributed by atoms with Crippen molar-refractivity contribution in [3.05, 3.63) is 89.8 Å². The molecule has 1 aliphatic heterocycles. The quantitative estimate of drug-likeness (QED) is 0.627. The van der Waals surface area contributed by atoms with E-state index in [2.05, 4.69) is 10.3 Å². The highest BCUT2D eigenvalue weighted by Gasteiger charge is 2.40. The lowest BCUT2D eigenvalue weighted by Crippen LogP contribution is -2.45. The summed E-state index contributed by atoms with van der Waals surface area (Å²) in [6, 6.07) is 15.3. The summed E-state index contributed by atoms with van der Waals surface area (Å²) < 4.78 is 32.5. The monoisotopic (exact) mass is 422 g/mol. The van der Waals surface area contributed by atoms with Crippen molar-refractivity contribution in [3.8, 4) is 11.1 Å². The molecular weight excluding hydrogens is 398 g/mol. The number of amides is 1. The van der Waals surface area contributed by atoms with E-state index >= 15 is 0 Å². The zero-order valence-electron chi connectivity index (χ0n) is 17.1. The highest BCUT2D eigenvalue weighted by Crippen LogP contribution is 2.36. The number of ether oxygens (including phenoxy) is 1. The molecule has 0 unspecified atom stereocenters. The van der Waals surface area contributed by atoms with E-state index < -0.39 is 17.0 Å². The molecule has 3 aromatic rings. The number of hydrogen-bond donors (Lipinski definition) is 1. The highest BCUT2D eigenvalue weighted by molar-refractivity contribution is 5.83. The Balaban J connectivity index is 1.55. The summed E-state index contributed by atoms with van der Waals surface area (Å²) in [7, 11) is 0. The van der Waals surface area contributed by atoms with Gasteiger partial charge in [0.2, 0.25) is 5.91 Å². The zero-order valence-corrected chi connectivity index (χ0v) is 17.1. The lowest BCUT2D eigenvalue weighted by molar-refractivity contribution is -0.136. The van der Waals surface area contributed by atoms with Crippen molar-refractivity contribution in [2.24, 2.45) is 5.41 Å². The standard InChI is InChI=1S/C25H24F2N2O2/c26-22-7-6-21(14-23(22)27)20-5-1-3-18(13-20)15-25(8-11-31-12-9-25)24(30)29-17-19-4-2-10-28-16-19/h1-7,10,13-14,16H,8-9,11-12,15,17H2,(H,29,30). The van der Waals surface area contributed by atoms with Crippen molar-refractivity contribution in [1.29, 1.82) is 0 Å².